The highest BCUT2D eigenvalue weighted by Crippen LogP contribution is 2.16. The van der Waals surface area contributed by atoms with Crippen molar-refractivity contribution in [1.29, 1.82) is 0 Å². The standard InChI is InChI=1S/C15H16ClN3S2/c16-13-3-1-2-12(10-13)11-21-9-8-18-15(20)19-14-4-6-17-7-5-14/h1-7,10H,8-9,11H2,(H2,17,18,19,20). The summed E-state index contributed by atoms with van der Waals surface area (Å²) >= 11 is 13.0. The van der Waals surface area contributed by atoms with Gasteiger partial charge >= 0.3 is 0 Å². The number of hydrogen-bond donors (Lipinski definition) is 2. The second-order valence-corrected chi connectivity index (χ2v) is 6.25. The molecule has 2 rings (SSSR count). The summed E-state index contributed by atoms with van der Waals surface area (Å²) in [7, 11) is 0. The first-order chi connectivity index (χ1) is 10.2. The van der Waals surface area contributed by atoms with Crippen LogP contribution in [0.1, 0.15) is 5.56 Å². The largest absolute Gasteiger partial charge is 0.362 e. The van der Waals surface area contributed by atoms with E-state index in [2.05, 4.69) is 21.7 Å². The lowest BCUT2D eigenvalue weighted by molar-refractivity contribution is 0.989. The monoisotopic (exact) mass is 337 g/mol. The van der Waals surface area contributed by atoms with Gasteiger partial charge in [-0.3, -0.25) is 4.98 Å². The van der Waals surface area contributed by atoms with Gasteiger partial charge in [0.05, 0.1) is 0 Å². The van der Waals surface area contributed by atoms with E-state index in [0.717, 1.165) is 28.8 Å². The molecular weight excluding hydrogens is 322 g/mol. The second kappa shape index (κ2) is 8.87. The van der Waals surface area contributed by atoms with Crippen molar-refractivity contribution in [3.05, 3.63) is 59.4 Å². The molecule has 0 saturated heterocycles. The van der Waals surface area contributed by atoms with Gasteiger partial charge in [0.2, 0.25) is 0 Å². The van der Waals surface area contributed by atoms with Crippen molar-refractivity contribution < 1.29 is 0 Å². The molecule has 0 aliphatic carbocycles. The normalized spacial score (nSPS) is 10.1. The van der Waals surface area contributed by atoms with Crippen molar-refractivity contribution in [3.8, 4) is 0 Å². The van der Waals surface area contributed by atoms with E-state index in [1.165, 1.54) is 5.56 Å². The summed E-state index contributed by atoms with van der Waals surface area (Å²) in [4.78, 5) is 3.96. The fraction of sp³-hybridized carbons (Fsp3) is 0.200. The molecule has 2 N–H and O–H groups in total. The highest BCUT2D eigenvalue weighted by molar-refractivity contribution is 7.98. The molecule has 0 fully saturated rings. The molecule has 110 valence electrons. The second-order valence-electron chi connectivity index (χ2n) is 4.30. The van der Waals surface area contributed by atoms with E-state index in [1.54, 1.807) is 12.4 Å². The SMILES string of the molecule is S=C(NCCSCc1cccc(Cl)c1)Nc1ccncc1. The Balaban J connectivity index is 1.60. The number of thiocarbonyl (C=S) groups is 1. The minimum atomic E-state index is 0.629. The number of pyridine rings is 1. The van der Waals surface area contributed by atoms with E-state index in [4.69, 9.17) is 23.8 Å². The number of aromatic nitrogens is 1. The molecule has 0 amide bonds. The average Bonchev–Trinajstić information content (AvgIpc) is 2.48. The summed E-state index contributed by atoms with van der Waals surface area (Å²) in [5, 5.41) is 7.71. The van der Waals surface area contributed by atoms with Gasteiger partial charge in [-0.2, -0.15) is 11.8 Å². The molecule has 3 nitrogen and oxygen atoms in total. The average molecular weight is 338 g/mol. The molecule has 1 aromatic carbocycles. The first kappa shape index (κ1) is 16.1. The molecule has 0 aliphatic rings. The highest BCUT2D eigenvalue weighted by Gasteiger charge is 1.98. The molecule has 0 aliphatic heterocycles. The molecule has 0 atom stereocenters. The minimum absolute atomic E-state index is 0.629. The number of anilines is 1. The third-order valence-electron chi connectivity index (χ3n) is 2.63. The Labute approximate surface area is 139 Å². The molecule has 0 radical (unpaired) electrons. The van der Waals surface area contributed by atoms with Crippen LogP contribution in [0.3, 0.4) is 0 Å². The molecule has 0 spiro atoms. The molecule has 1 aromatic heterocycles. The smallest absolute Gasteiger partial charge is 0.170 e. The summed E-state index contributed by atoms with van der Waals surface area (Å²) in [6.45, 7) is 0.822. The molecule has 1 heterocycles. The Bertz CT molecular complexity index is 578. The molecule has 0 bridgehead atoms. The van der Waals surface area contributed by atoms with Gasteiger partial charge in [0.25, 0.3) is 0 Å². The molecule has 0 unspecified atom stereocenters. The van der Waals surface area contributed by atoms with Crippen LogP contribution in [-0.2, 0) is 5.75 Å². The van der Waals surface area contributed by atoms with E-state index in [9.17, 15) is 0 Å². The Hall–Kier alpha value is -1.30. The van der Waals surface area contributed by atoms with Gasteiger partial charge in [-0.1, -0.05) is 23.7 Å². The maximum absolute atomic E-state index is 5.95. The first-order valence-corrected chi connectivity index (χ1v) is 8.45. The van der Waals surface area contributed by atoms with Crippen molar-refractivity contribution in [2.75, 3.05) is 17.6 Å². The Kier molecular flexibility index (Phi) is 6.79. The lowest BCUT2D eigenvalue weighted by atomic mass is 10.2. The van der Waals surface area contributed by atoms with Gasteiger partial charge in [-0.05, 0) is 42.0 Å². The number of rotatable bonds is 6. The van der Waals surface area contributed by atoms with Crippen molar-refractivity contribution in [2.45, 2.75) is 5.75 Å². The summed E-state index contributed by atoms with van der Waals surface area (Å²) in [6, 6.07) is 11.7. The van der Waals surface area contributed by atoms with Gasteiger partial charge in [0.15, 0.2) is 5.11 Å². The maximum Gasteiger partial charge on any atom is 0.170 e. The van der Waals surface area contributed by atoms with Gasteiger partial charge in [0, 0.05) is 41.2 Å². The van der Waals surface area contributed by atoms with Crippen LogP contribution in [0.4, 0.5) is 5.69 Å². The van der Waals surface area contributed by atoms with E-state index < -0.39 is 0 Å². The maximum atomic E-state index is 5.95. The third kappa shape index (κ3) is 6.33. The van der Waals surface area contributed by atoms with Crippen LogP contribution in [0, 0.1) is 0 Å². The van der Waals surface area contributed by atoms with Crippen LogP contribution in [0.25, 0.3) is 0 Å². The van der Waals surface area contributed by atoms with E-state index in [1.807, 2.05) is 42.1 Å². The van der Waals surface area contributed by atoms with Gasteiger partial charge in [0.1, 0.15) is 0 Å². The van der Waals surface area contributed by atoms with Crippen molar-refractivity contribution in [2.24, 2.45) is 0 Å². The molecule has 21 heavy (non-hydrogen) atoms. The lowest BCUT2D eigenvalue weighted by Gasteiger charge is -2.10. The Morgan fingerprint density at radius 1 is 1.24 bits per heavy atom. The quantitative estimate of drug-likeness (QED) is 0.616. The number of halogens is 1. The van der Waals surface area contributed by atoms with Crippen LogP contribution in [0.2, 0.25) is 5.02 Å². The summed E-state index contributed by atoms with van der Waals surface area (Å²) in [5.41, 5.74) is 2.18. The number of nitrogens with one attached hydrogen (secondary N) is 2. The summed E-state index contributed by atoms with van der Waals surface area (Å²) in [6.07, 6.45) is 3.46. The van der Waals surface area contributed by atoms with Crippen LogP contribution in [0.5, 0.6) is 0 Å². The van der Waals surface area contributed by atoms with Crippen LogP contribution in [0.15, 0.2) is 48.8 Å². The van der Waals surface area contributed by atoms with Gasteiger partial charge in [-0.25, -0.2) is 0 Å². The zero-order valence-electron chi connectivity index (χ0n) is 11.4. The van der Waals surface area contributed by atoms with Crippen molar-refractivity contribution in [3.63, 3.8) is 0 Å². The predicted molar refractivity (Wildman–Crippen MR) is 96.1 cm³/mol. The van der Waals surface area contributed by atoms with Crippen LogP contribution in [-0.4, -0.2) is 22.4 Å². The Morgan fingerprint density at radius 3 is 2.81 bits per heavy atom. The van der Waals surface area contributed by atoms with Crippen LogP contribution < -0.4 is 10.6 Å². The summed E-state index contributed by atoms with van der Waals surface area (Å²) < 4.78 is 0. The Morgan fingerprint density at radius 2 is 2.05 bits per heavy atom. The number of nitrogens with zero attached hydrogens (tertiary/aromatic N) is 1. The van der Waals surface area contributed by atoms with Crippen molar-refractivity contribution >= 4 is 46.4 Å². The molecule has 2 aromatic rings. The van der Waals surface area contributed by atoms with Gasteiger partial charge in [-0.15, -0.1) is 0 Å². The minimum Gasteiger partial charge on any atom is -0.362 e. The summed E-state index contributed by atoms with van der Waals surface area (Å²) in [5.74, 6) is 1.93. The zero-order chi connectivity index (χ0) is 14.9. The van der Waals surface area contributed by atoms with Crippen molar-refractivity contribution in [1.82, 2.24) is 10.3 Å². The van der Waals surface area contributed by atoms with E-state index >= 15 is 0 Å². The topological polar surface area (TPSA) is 37.0 Å². The fourth-order valence-corrected chi connectivity index (χ4v) is 2.90. The van der Waals surface area contributed by atoms with E-state index in [0.29, 0.717) is 5.11 Å². The predicted octanol–water partition coefficient (Wildman–Crippen LogP) is 3.95. The number of benzene rings is 1. The molecule has 6 heteroatoms. The third-order valence-corrected chi connectivity index (χ3v) is 4.14. The van der Waals surface area contributed by atoms with Gasteiger partial charge < -0.3 is 10.6 Å². The number of thioether (sulfide) groups is 1. The highest BCUT2D eigenvalue weighted by atomic mass is 35.5. The fourth-order valence-electron chi connectivity index (χ4n) is 1.66. The zero-order valence-corrected chi connectivity index (χ0v) is 13.8. The first-order valence-electron chi connectivity index (χ1n) is 6.51. The number of hydrogen-bond acceptors (Lipinski definition) is 3. The molecular formula is C15H16ClN3S2. The lowest BCUT2D eigenvalue weighted by Crippen LogP contribution is -2.30. The van der Waals surface area contributed by atoms with E-state index in [-0.39, 0.29) is 0 Å². The molecule has 0 saturated carbocycles. The van der Waals surface area contributed by atoms with Crippen LogP contribution >= 0.6 is 35.6 Å².